The van der Waals surface area contributed by atoms with Crippen molar-refractivity contribution in [2.45, 2.75) is 232 Å². The Bertz CT molecular complexity index is 809. The molecule has 0 rings (SSSR count). The number of hydrogen-bond acceptors (Lipinski definition) is 11. The van der Waals surface area contributed by atoms with Crippen LogP contribution in [-0.4, -0.2) is 114 Å². The number of hydrogen-bond donors (Lipinski definition) is 2. The number of carbonyl (C=O) groups is 2. The third kappa shape index (κ3) is 48.0. The minimum Gasteiger partial charge on any atom is -0.463 e. The smallest absolute Gasteiger partial charge is 0.305 e. The molecule has 0 aliphatic carbocycles. The molecule has 2 atom stereocenters. The summed E-state index contributed by atoms with van der Waals surface area (Å²) in [4.78, 5) is 25.2. The van der Waals surface area contributed by atoms with Crippen molar-refractivity contribution in [3.8, 4) is 0 Å². The molecule has 0 aromatic rings. The van der Waals surface area contributed by atoms with E-state index in [0.717, 1.165) is 38.5 Å². The predicted octanol–water partition coefficient (Wildman–Crippen LogP) is 11.4. The second kappa shape index (κ2) is 51.3. The van der Waals surface area contributed by atoms with E-state index in [0.29, 0.717) is 26.1 Å². The fourth-order valence-corrected chi connectivity index (χ4v) is 7.30. The monoisotopic (exact) mass is 875 g/mol. The van der Waals surface area contributed by atoms with E-state index in [4.69, 9.17) is 43.4 Å². The Morgan fingerprint density at radius 2 is 0.623 bits per heavy atom. The average molecular weight is 875 g/mol. The van der Waals surface area contributed by atoms with E-state index in [1.165, 1.54) is 154 Å². The minimum absolute atomic E-state index is 0.0480. The zero-order valence-electron chi connectivity index (χ0n) is 39.8. The van der Waals surface area contributed by atoms with Gasteiger partial charge in [0.15, 0.2) is 0 Å². The summed E-state index contributed by atoms with van der Waals surface area (Å²) in [5, 5.41) is 18.0. The highest BCUT2D eigenvalue weighted by molar-refractivity contribution is 5.69. The normalized spacial score (nSPS) is 12.5. The van der Waals surface area contributed by atoms with Crippen molar-refractivity contribution in [1.29, 1.82) is 0 Å². The number of carbonyl (C=O) groups excluding carboxylic acids is 2. The third-order valence-corrected chi connectivity index (χ3v) is 11.1. The van der Waals surface area contributed by atoms with Crippen molar-refractivity contribution >= 4 is 11.9 Å². The van der Waals surface area contributed by atoms with Crippen LogP contribution in [0.15, 0.2) is 0 Å². The standard InChI is InChI=1S/C50H98O11/c1-3-5-7-9-11-13-15-17-19-21-23-25-27-29-31-33-49(53)60-45-47(58-41-39-55-37-35-51)43-57-44-48(59-42-40-56-38-36-52)46-61-50(54)34-32-30-28-26-24-22-20-18-16-14-12-10-8-6-4-2/h47-48,51-52H,3-46H2,1-2H3. The molecule has 11 heteroatoms. The first-order valence-corrected chi connectivity index (χ1v) is 25.6. The average Bonchev–Trinajstić information content (AvgIpc) is 3.26. The summed E-state index contributed by atoms with van der Waals surface area (Å²) >= 11 is 0. The van der Waals surface area contributed by atoms with Crippen LogP contribution in [0.2, 0.25) is 0 Å². The van der Waals surface area contributed by atoms with Crippen molar-refractivity contribution < 1.29 is 53.0 Å². The molecule has 61 heavy (non-hydrogen) atoms. The molecule has 0 spiro atoms. The van der Waals surface area contributed by atoms with E-state index >= 15 is 0 Å². The Morgan fingerprint density at radius 3 is 0.902 bits per heavy atom. The number of esters is 2. The lowest BCUT2D eigenvalue weighted by Gasteiger charge is -2.21. The van der Waals surface area contributed by atoms with Crippen LogP contribution in [0.5, 0.6) is 0 Å². The Kier molecular flexibility index (Phi) is 50.2. The molecule has 0 amide bonds. The maximum Gasteiger partial charge on any atom is 0.305 e. The van der Waals surface area contributed by atoms with Crippen LogP contribution in [-0.2, 0) is 42.7 Å². The van der Waals surface area contributed by atoms with Gasteiger partial charge in [-0.25, -0.2) is 0 Å². The van der Waals surface area contributed by atoms with Gasteiger partial charge in [-0.1, -0.05) is 194 Å². The van der Waals surface area contributed by atoms with Crippen molar-refractivity contribution in [3.05, 3.63) is 0 Å². The number of unbranched alkanes of at least 4 members (excludes halogenated alkanes) is 28. The van der Waals surface area contributed by atoms with Gasteiger partial charge in [-0.15, -0.1) is 0 Å². The lowest BCUT2D eigenvalue weighted by atomic mass is 10.0. The zero-order valence-corrected chi connectivity index (χ0v) is 39.8. The van der Waals surface area contributed by atoms with Crippen molar-refractivity contribution in [2.75, 3.05) is 79.3 Å². The summed E-state index contributed by atoms with van der Waals surface area (Å²) in [5.41, 5.74) is 0. The molecule has 0 fully saturated rings. The van der Waals surface area contributed by atoms with E-state index in [2.05, 4.69) is 13.8 Å². The number of aliphatic hydroxyl groups is 2. The Hall–Kier alpha value is -1.34. The third-order valence-electron chi connectivity index (χ3n) is 11.1. The van der Waals surface area contributed by atoms with Gasteiger partial charge in [-0.3, -0.25) is 9.59 Å². The molecule has 11 nitrogen and oxygen atoms in total. The lowest BCUT2D eigenvalue weighted by molar-refractivity contribution is -0.154. The first-order chi connectivity index (χ1) is 30.1. The van der Waals surface area contributed by atoms with Gasteiger partial charge in [0.1, 0.15) is 25.4 Å². The van der Waals surface area contributed by atoms with Crippen LogP contribution in [0.25, 0.3) is 0 Å². The van der Waals surface area contributed by atoms with Crippen LogP contribution >= 0.6 is 0 Å². The molecule has 0 aliphatic rings. The number of aliphatic hydroxyl groups excluding tert-OH is 2. The lowest BCUT2D eigenvalue weighted by Crippen LogP contribution is -2.33. The molecule has 2 unspecified atom stereocenters. The van der Waals surface area contributed by atoms with Gasteiger partial charge in [0, 0.05) is 12.8 Å². The van der Waals surface area contributed by atoms with Gasteiger partial charge >= 0.3 is 11.9 Å². The maximum atomic E-state index is 12.6. The summed E-state index contributed by atoms with van der Waals surface area (Å²) in [7, 11) is 0. The first-order valence-electron chi connectivity index (χ1n) is 25.6. The number of rotatable bonds is 52. The Morgan fingerprint density at radius 1 is 0.344 bits per heavy atom. The summed E-state index contributed by atoms with van der Waals surface area (Å²) in [6.45, 7) is 6.30. The van der Waals surface area contributed by atoms with Crippen molar-refractivity contribution in [2.24, 2.45) is 0 Å². The van der Waals surface area contributed by atoms with Crippen LogP contribution < -0.4 is 0 Å². The van der Waals surface area contributed by atoms with Crippen LogP contribution in [0, 0.1) is 0 Å². The fourth-order valence-electron chi connectivity index (χ4n) is 7.30. The largest absolute Gasteiger partial charge is 0.463 e. The molecule has 0 saturated heterocycles. The quantitative estimate of drug-likeness (QED) is 0.0446. The second-order valence-electron chi connectivity index (χ2n) is 17.0. The molecule has 0 radical (unpaired) electrons. The fraction of sp³-hybridized carbons (Fsp3) is 0.960. The first kappa shape index (κ1) is 59.7. The Balaban J connectivity index is 4.40. The molecule has 2 N–H and O–H groups in total. The summed E-state index contributed by atoms with van der Waals surface area (Å²) < 4.78 is 39.6. The van der Waals surface area contributed by atoms with E-state index < -0.39 is 12.2 Å². The highest BCUT2D eigenvalue weighted by atomic mass is 16.6. The van der Waals surface area contributed by atoms with E-state index in [1.54, 1.807) is 0 Å². The van der Waals surface area contributed by atoms with Gasteiger partial charge in [0.05, 0.1) is 66.1 Å². The topological polar surface area (TPSA) is 139 Å². The summed E-state index contributed by atoms with van der Waals surface area (Å²) in [6.07, 6.45) is 37.9. The molecule has 364 valence electrons. The van der Waals surface area contributed by atoms with Crippen LogP contribution in [0.4, 0.5) is 0 Å². The predicted molar refractivity (Wildman–Crippen MR) is 247 cm³/mol. The van der Waals surface area contributed by atoms with Crippen LogP contribution in [0.1, 0.15) is 219 Å². The maximum absolute atomic E-state index is 12.6. The Labute approximate surface area is 374 Å². The molecular formula is C50H98O11. The number of ether oxygens (including phenoxy) is 7. The van der Waals surface area contributed by atoms with Gasteiger partial charge in [0.2, 0.25) is 0 Å². The zero-order chi connectivity index (χ0) is 44.4. The minimum atomic E-state index is -0.524. The van der Waals surface area contributed by atoms with Gasteiger partial charge < -0.3 is 43.4 Å². The summed E-state index contributed by atoms with van der Waals surface area (Å²) in [6, 6.07) is 0. The van der Waals surface area contributed by atoms with Crippen molar-refractivity contribution in [1.82, 2.24) is 0 Å². The molecule has 0 bridgehead atoms. The molecular weight excluding hydrogens is 777 g/mol. The molecule has 0 aromatic heterocycles. The molecule has 0 aliphatic heterocycles. The van der Waals surface area contributed by atoms with E-state index in [9.17, 15) is 9.59 Å². The molecule has 0 heterocycles. The van der Waals surface area contributed by atoms with Crippen molar-refractivity contribution in [3.63, 3.8) is 0 Å². The highest BCUT2D eigenvalue weighted by Gasteiger charge is 2.18. The summed E-state index contributed by atoms with van der Waals surface area (Å²) in [5.74, 6) is -0.491. The highest BCUT2D eigenvalue weighted by Crippen LogP contribution is 2.16. The second-order valence-corrected chi connectivity index (χ2v) is 17.0. The van der Waals surface area contributed by atoms with E-state index in [-0.39, 0.29) is 78.0 Å². The van der Waals surface area contributed by atoms with Crippen LogP contribution in [0.3, 0.4) is 0 Å². The molecule has 0 aromatic carbocycles. The molecule has 0 saturated carbocycles. The van der Waals surface area contributed by atoms with E-state index in [1.807, 2.05) is 0 Å². The van der Waals surface area contributed by atoms with Gasteiger partial charge in [0.25, 0.3) is 0 Å². The van der Waals surface area contributed by atoms with Gasteiger partial charge in [-0.2, -0.15) is 0 Å². The SMILES string of the molecule is CCCCCCCCCCCCCCCCCC(=O)OCC(COCC(COC(=O)CCCCCCCCCCCCCCCCC)OCCOCCO)OCCOCCO. The van der Waals surface area contributed by atoms with Gasteiger partial charge in [-0.05, 0) is 12.8 Å².